The molecular weight excluding hydrogens is 115 g/mol. The van der Waals surface area contributed by atoms with Crippen molar-refractivity contribution in [2.24, 2.45) is 0 Å². The van der Waals surface area contributed by atoms with E-state index in [1.165, 1.54) is 0 Å². The van der Waals surface area contributed by atoms with E-state index in [0.29, 0.717) is 6.42 Å². The van der Waals surface area contributed by atoms with Gasteiger partial charge in [-0.3, -0.25) is 4.79 Å². The Morgan fingerprint density at radius 3 is 2.33 bits per heavy atom. The lowest BCUT2D eigenvalue weighted by atomic mass is 10.2. The zero-order chi connectivity index (χ0) is 6.41. The van der Waals surface area contributed by atoms with Crippen LogP contribution in [0.3, 0.4) is 0 Å². The molecule has 0 aromatic heterocycles. The summed E-state index contributed by atoms with van der Waals surface area (Å²) in [5.74, 6) is -0.682. The van der Waals surface area contributed by atoms with Gasteiger partial charge in [-0.15, -0.1) is 0 Å². The first-order valence-corrected chi connectivity index (χ1v) is 2.99. The molecule has 0 fully saturated rings. The molecule has 0 heterocycles. The van der Waals surface area contributed by atoms with E-state index in [-0.39, 0.29) is 8.41 Å². The monoisotopic (exact) mass is 127 g/mol. The molecule has 0 saturated carbocycles. The summed E-state index contributed by atoms with van der Waals surface area (Å²) in [5, 5.41) is 8.14. The van der Waals surface area contributed by atoms with Crippen LogP contribution in [0.25, 0.3) is 0 Å². The number of carbonyl (C=O) groups is 1. The summed E-state index contributed by atoms with van der Waals surface area (Å²) in [4.78, 5) is 9.87. The van der Waals surface area contributed by atoms with Gasteiger partial charge in [0.15, 0.2) is 0 Å². The molecule has 0 amide bonds. The SMILES string of the molecule is CCCCCC(=O)O.[B]. The summed E-state index contributed by atoms with van der Waals surface area (Å²) in [6, 6.07) is 0. The fourth-order valence-electron chi connectivity index (χ4n) is 0.526. The molecule has 0 aliphatic rings. The van der Waals surface area contributed by atoms with Gasteiger partial charge in [0.1, 0.15) is 0 Å². The largest absolute Gasteiger partial charge is 0.481 e. The van der Waals surface area contributed by atoms with Gasteiger partial charge in [0.05, 0.1) is 0 Å². The molecule has 3 radical (unpaired) electrons. The number of carboxylic acids is 1. The minimum Gasteiger partial charge on any atom is -0.481 e. The molecule has 0 aromatic rings. The molecule has 0 aliphatic heterocycles. The smallest absolute Gasteiger partial charge is 0.303 e. The molecule has 0 aromatic carbocycles. The fourth-order valence-corrected chi connectivity index (χ4v) is 0.526. The van der Waals surface area contributed by atoms with Gasteiger partial charge in [-0.05, 0) is 6.42 Å². The maximum Gasteiger partial charge on any atom is 0.303 e. The van der Waals surface area contributed by atoms with Crippen molar-refractivity contribution in [3.05, 3.63) is 0 Å². The van der Waals surface area contributed by atoms with Gasteiger partial charge < -0.3 is 5.11 Å². The molecule has 51 valence electrons. The van der Waals surface area contributed by atoms with E-state index < -0.39 is 5.97 Å². The molecule has 1 N–H and O–H groups in total. The molecule has 0 atom stereocenters. The van der Waals surface area contributed by atoms with Gasteiger partial charge in [-0.1, -0.05) is 19.8 Å². The lowest BCUT2D eigenvalue weighted by Gasteiger charge is -1.89. The van der Waals surface area contributed by atoms with E-state index in [9.17, 15) is 4.79 Å². The van der Waals surface area contributed by atoms with E-state index >= 15 is 0 Å². The van der Waals surface area contributed by atoms with Crippen LogP contribution in [-0.2, 0) is 4.79 Å². The van der Waals surface area contributed by atoms with Crippen LogP contribution in [-0.4, -0.2) is 19.5 Å². The zero-order valence-electron chi connectivity index (χ0n) is 5.76. The second-order valence-corrected chi connectivity index (χ2v) is 1.85. The highest BCUT2D eigenvalue weighted by atomic mass is 16.4. The van der Waals surface area contributed by atoms with Gasteiger partial charge in [0.2, 0.25) is 0 Å². The van der Waals surface area contributed by atoms with E-state index in [2.05, 4.69) is 6.92 Å². The number of hydrogen-bond donors (Lipinski definition) is 1. The van der Waals surface area contributed by atoms with Crippen LogP contribution in [0.15, 0.2) is 0 Å². The third-order valence-corrected chi connectivity index (χ3v) is 0.994. The van der Waals surface area contributed by atoms with Gasteiger partial charge in [-0.25, -0.2) is 0 Å². The molecule has 0 unspecified atom stereocenters. The average molecular weight is 127 g/mol. The number of aliphatic carboxylic acids is 1. The molecule has 0 bridgehead atoms. The summed E-state index contributed by atoms with van der Waals surface area (Å²) in [7, 11) is 0. The Balaban J connectivity index is 0. The van der Waals surface area contributed by atoms with Crippen molar-refractivity contribution in [1.82, 2.24) is 0 Å². The standard InChI is InChI=1S/C6H12O2.B/c1-2-3-4-5-6(7)8;/h2-5H2,1H3,(H,7,8);. The van der Waals surface area contributed by atoms with Crippen molar-refractivity contribution in [1.29, 1.82) is 0 Å². The fraction of sp³-hybridized carbons (Fsp3) is 0.833. The van der Waals surface area contributed by atoms with Crippen LogP contribution in [0.1, 0.15) is 32.6 Å². The summed E-state index contributed by atoms with van der Waals surface area (Å²) < 4.78 is 0. The van der Waals surface area contributed by atoms with E-state index in [1.54, 1.807) is 0 Å². The third-order valence-electron chi connectivity index (χ3n) is 0.994. The Labute approximate surface area is 57.8 Å². The van der Waals surface area contributed by atoms with Crippen LogP contribution in [0.4, 0.5) is 0 Å². The van der Waals surface area contributed by atoms with Crippen molar-refractivity contribution in [2.75, 3.05) is 0 Å². The predicted molar refractivity (Wildman–Crippen MR) is 37.5 cm³/mol. The second-order valence-electron chi connectivity index (χ2n) is 1.85. The van der Waals surface area contributed by atoms with Gasteiger partial charge in [-0.2, -0.15) is 0 Å². The minimum atomic E-state index is -0.682. The third kappa shape index (κ3) is 11.2. The summed E-state index contributed by atoms with van der Waals surface area (Å²) in [6.45, 7) is 2.06. The second kappa shape index (κ2) is 7.53. The number of unbranched alkanes of at least 4 members (excludes halogenated alkanes) is 2. The van der Waals surface area contributed by atoms with Crippen molar-refractivity contribution < 1.29 is 9.90 Å². The zero-order valence-corrected chi connectivity index (χ0v) is 5.76. The summed E-state index contributed by atoms with van der Waals surface area (Å²) in [5.41, 5.74) is 0. The van der Waals surface area contributed by atoms with E-state index in [4.69, 9.17) is 5.11 Å². The Morgan fingerprint density at radius 2 is 2.00 bits per heavy atom. The highest BCUT2D eigenvalue weighted by molar-refractivity contribution is 5.75. The van der Waals surface area contributed by atoms with Crippen LogP contribution in [0.5, 0.6) is 0 Å². The lowest BCUT2D eigenvalue weighted by Crippen LogP contribution is -1.92. The van der Waals surface area contributed by atoms with Crippen LogP contribution < -0.4 is 0 Å². The Hall–Kier alpha value is -0.465. The van der Waals surface area contributed by atoms with Crippen LogP contribution in [0.2, 0.25) is 0 Å². The highest BCUT2D eigenvalue weighted by Gasteiger charge is 1.92. The van der Waals surface area contributed by atoms with Crippen molar-refractivity contribution in [3.63, 3.8) is 0 Å². The first kappa shape index (κ1) is 11.3. The summed E-state index contributed by atoms with van der Waals surface area (Å²) >= 11 is 0. The van der Waals surface area contributed by atoms with Gasteiger partial charge in [0.25, 0.3) is 0 Å². The quantitative estimate of drug-likeness (QED) is 0.456. The summed E-state index contributed by atoms with van der Waals surface area (Å²) in [6.07, 6.45) is 3.28. The maximum absolute atomic E-state index is 9.87. The van der Waals surface area contributed by atoms with Crippen molar-refractivity contribution >= 4 is 14.4 Å². The van der Waals surface area contributed by atoms with Crippen LogP contribution >= 0.6 is 0 Å². The molecule has 3 heteroatoms. The molecule has 2 nitrogen and oxygen atoms in total. The Bertz CT molecular complexity index is 73.5. The van der Waals surface area contributed by atoms with Crippen molar-refractivity contribution in [3.8, 4) is 0 Å². The number of hydrogen-bond acceptors (Lipinski definition) is 1. The Morgan fingerprint density at radius 1 is 1.44 bits per heavy atom. The number of carboxylic acid groups (broad SMARTS) is 1. The predicted octanol–water partition coefficient (Wildman–Crippen LogP) is 1.27. The molecule has 0 spiro atoms. The van der Waals surface area contributed by atoms with Gasteiger partial charge in [0, 0.05) is 14.8 Å². The first-order valence-electron chi connectivity index (χ1n) is 2.99. The van der Waals surface area contributed by atoms with E-state index in [0.717, 1.165) is 19.3 Å². The van der Waals surface area contributed by atoms with Crippen molar-refractivity contribution in [2.45, 2.75) is 32.6 Å². The molecule has 0 saturated heterocycles. The first-order chi connectivity index (χ1) is 3.77. The normalized spacial score (nSPS) is 8.11. The van der Waals surface area contributed by atoms with E-state index in [1.807, 2.05) is 0 Å². The maximum atomic E-state index is 9.87. The minimum absolute atomic E-state index is 0. The van der Waals surface area contributed by atoms with Gasteiger partial charge >= 0.3 is 5.97 Å². The molecular formula is C6H12BO2. The lowest BCUT2D eigenvalue weighted by molar-refractivity contribution is -0.137. The molecule has 0 aliphatic carbocycles. The molecule has 0 rings (SSSR count). The van der Waals surface area contributed by atoms with Crippen LogP contribution in [0, 0.1) is 0 Å². The number of rotatable bonds is 4. The topological polar surface area (TPSA) is 37.3 Å². The Kier molecular flexibility index (Phi) is 9.50. The molecule has 9 heavy (non-hydrogen) atoms. The average Bonchev–Trinajstić information content (AvgIpc) is 1.66. The highest BCUT2D eigenvalue weighted by Crippen LogP contribution is 1.97.